The minimum absolute atomic E-state index is 0.0783. The monoisotopic (exact) mass is 329 g/mol. The van der Waals surface area contributed by atoms with E-state index < -0.39 is 12.8 Å². The quantitative estimate of drug-likeness (QED) is 0.921. The zero-order valence-corrected chi connectivity index (χ0v) is 12.5. The number of aromatic nitrogens is 1. The molecule has 8 heteroatoms. The van der Waals surface area contributed by atoms with E-state index in [9.17, 15) is 18.0 Å². The number of nitrogens with one attached hydrogen (secondary N) is 1. The first-order valence-corrected chi connectivity index (χ1v) is 7.62. The Labute approximate surface area is 131 Å². The fraction of sp³-hybridized carbons (Fsp3) is 0.600. The van der Waals surface area contributed by atoms with Crippen molar-refractivity contribution < 1.29 is 22.7 Å². The van der Waals surface area contributed by atoms with Gasteiger partial charge in [-0.2, -0.15) is 13.2 Å². The van der Waals surface area contributed by atoms with E-state index in [1.54, 1.807) is 4.90 Å². The Morgan fingerprint density at radius 3 is 2.91 bits per heavy atom. The number of carbonyl (C=O) groups is 1. The topological polar surface area (TPSA) is 54.5 Å². The number of ether oxygens (including phenoxy) is 1. The first-order chi connectivity index (χ1) is 10.9. The van der Waals surface area contributed by atoms with Gasteiger partial charge >= 0.3 is 6.18 Å². The minimum atomic E-state index is -4.47. The molecule has 0 aliphatic carbocycles. The summed E-state index contributed by atoms with van der Waals surface area (Å²) in [7, 11) is 0. The van der Waals surface area contributed by atoms with Gasteiger partial charge in [0.2, 0.25) is 5.88 Å². The SMILES string of the molecule is O=C(c1cccnc1OCC(F)(F)F)N1CCC2CCC(C1)N2. The lowest BCUT2D eigenvalue weighted by atomic mass is 10.1. The molecule has 0 radical (unpaired) electrons. The largest absolute Gasteiger partial charge is 0.467 e. The third-order valence-corrected chi connectivity index (χ3v) is 4.18. The molecule has 3 rings (SSSR count). The normalized spacial score (nSPS) is 24.4. The van der Waals surface area contributed by atoms with Gasteiger partial charge in [0, 0.05) is 31.4 Å². The Kier molecular flexibility index (Phi) is 4.43. The molecule has 0 saturated carbocycles. The van der Waals surface area contributed by atoms with Gasteiger partial charge in [0.05, 0.1) is 0 Å². The smallest absolute Gasteiger partial charge is 0.422 e. The molecule has 1 aromatic rings. The van der Waals surface area contributed by atoms with Crippen molar-refractivity contribution in [1.29, 1.82) is 0 Å². The van der Waals surface area contributed by atoms with Crippen LogP contribution in [0.1, 0.15) is 29.6 Å². The van der Waals surface area contributed by atoms with E-state index in [0.29, 0.717) is 19.1 Å². The first kappa shape index (κ1) is 16.0. The summed E-state index contributed by atoms with van der Waals surface area (Å²) in [6, 6.07) is 3.66. The summed E-state index contributed by atoms with van der Waals surface area (Å²) in [6.45, 7) is -0.319. The van der Waals surface area contributed by atoms with E-state index in [2.05, 4.69) is 10.3 Å². The number of amides is 1. The zero-order valence-electron chi connectivity index (χ0n) is 12.5. The number of fused-ring (bicyclic) bond motifs is 2. The maximum Gasteiger partial charge on any atom is 0.422 e. The van der Waals surface area contributed by atoms with Crippen molar-refractivity contribution in [2.75, 3.05) is 19.7 Å². The highest BCUT2D eigenvalue weighted by molar-refractivity contribution is 5.96. The molecule has 2 aliphatic heterocycles. The second-order valence-corrected chi connectivity index (χ2v) is 5.94. The highest BCUT2D eigenvalue weighted by atomic mass is 19.4. The first-order valence-electron chi connectivity index (χ1n) is 7.62. The molecule has 23 heavy (non-hydrogen) atoms. The van der Waals surface area contributed by atoms with Crippen molar-refractivity contribution in [3.63, 3.8) is 0 Å². The van der Waals surface area contributed by atoms with Crippen molar-refractivity contribution in [3.8, 4) is 5.88 Å². The average Bonchev–Trinajstić information content (AvgIpc) is 2.83. The Bertz CT molecular complexity index is 579. The number of likely N-dealkylation sites (tertiary alicyclic amines) is 1. The summed E-state index contributed by atoms with van der Waals surface area (Å²) < 4.78 is 41.7. The van der Waals surface area contributed by atoms with Crippen LogP contribution in [0.5, 0.6) is 5.88 Å². The summed E-state index contributed by atoms with van der Waals surface area (Å²) in [4.78, 5) is 18.1. The van der Waals surface area contributed by atoms with Crippen LogP contribution < -0.4 is 10.1 Å². The van der Waals surface area contributed by atoms with Crippen LogP contribution in [0.15, 0.2) is 18.3 Å². The van der Waals surface area contributed by atoms with Crippen LogP contribution in [-0.2, 0) is 0 Å². The van der Waals surface area contributed by atoms with Gasteiger partial charge in [0.1, 0.15) is 5.56 Å². The maximum atomic E-state index is 12.7. The lowest BCUT2D eigenvalue weighted by molar-refractivity contribution is -0.154. The summed E-state index contributed by atoms with van der Waals surface area (Å²) in [6.07, 6.45) is -0.183. The molecule has 5 nitrogen and oxygen atoms in total. The Morgan fingerprint density at radius 2 is 2.13 bits per heavy atom. The number of halogens is 3. The molecule has 1 amide bonds. The van der Waals surface area contributed by atoms with Gasteiger partial charge in [0.15, 0.2) is 6.61 Å². The molecule has 3 heterocycles. The van der Waals surface area contributed by atoms with Crippen LogP contribution in [-0.4, -0.2) is 53.7 Å². The number of rotatable bonds is 3. The Morgan fingerprint density at radius 1 is 1.35 bits per heavy atom. The summed E-state index contributed by atoms with van der Waals surface area (Å²) >= 11 is 0. The minimum Gasteiger partial charge on any atom is -0.467 e. The van der Waals surface area contributed by atoms with Crippen molar-refractivity contribution in [2.24, 2.45) is 0 Å². The zero-order chi connectivity index (χ0) is 16.4. The van der Waals surface area contributed by atoms with Gasteiger partial charge in [-0.3, -0.25) is 4.79 Å². The number of hydrogen-bond donors (Lipinski definition) is 1. The molecule has 2 aliphatic rings. The van der Waals surface area contributed by atoms with Gasteiger partial charge in [-0.1, -0.05) is 0 Å². The molecule has 126 valence electrons. The second-order valence-electron chi connectivity index (χ2n) is 5.94. The lowest BCUT2D eigenvalue weighted by Gasteiger charge is -2.25. The third kappa shape index (κ3) is 3.93. The van der Waals surface area contributed by atoms with E-state index in [4.69, 9.17) is 4.74 Å². The maximum absolute atomic E-state index is 12.7. The van der Waals surface area contributed by atoms with E-state index in [1.807, 2.05) is 0 Å². The van der Waals surface area contributed by atoms with Crippen LogP contribution in [0.2, 0.25) is 0 Å². The van der Waals surface area contributed by atoms with E-state index >= 15 is 0 Å². The van der Waals surface area contributed by atoms with Crippen LogP contribution in [0.4, 0.5) is 13.2 Å². The summed E-state index contributed by atoms with van der Waals surface area (Å²) in [5, 5.41) is 3.46. The van der Waals surface area contributed by atoms with Crippen molar-refractivity contribution in [3.05, 3.63) is 23.9 Å². The van der Waals surface area contributed by atoms with Crippen molar-refractivity contribution in [2.45, 2.75) is 37.5 Å². The second kappa shape index (κ2) is 6.35. The highest BCUT2D eigenvalue weighted by Gasteiger charge is 2.33. The standard InChI is InChI=1S/C15H18F3N3O2/c16-15(17,18)9-23-13-12(2-1-6-19-13)14(22)21-7-5-10-3-4-11(8-21)20-10/h1-2,6,10-11,20H,3-5,7-9H2. The third-order valence-electron chi connectivity index (χ3n) is 4.18. The molecule has 1 N–H and O–H groups in total. The fourth-order valence-electron chi connectivity index (χ4n) is 3.12. The van der Waals surface area contributed by atoms with Gasteiger partial charge in [0.25, 0.3) is 5.91 Å². The molecule has 1 aromatic heterocycles. The Balaban J connectivity index is 1.74. The average molecular weight is 329 g/mol. The molecule has 2 bridgehead atoms. The lowest BCUT2D eigenvalue weighted by Crippen LogP contribution is -2.39. The molecule has 0 spiro atoms. The van der Waals surface area contributed by atoms with Crippen LogP contribution in [0.25, 0.3) is 0 Å². The Hall–Kier alpha value is -1.83. The van der Waals surface area contributed by atoms with Gasteiger partial charge in [-0.05, 0) is 31.4 Å². The van der Waals surface area contributed by atoms with Gasteiger partial charge in [-0.15, -0.1) is 0 Å². The number of carbonyl (C=O) groups excluding carboxylic acids is 1. The summed E-state index contributed by atoms with van der Waals surface area (Å²) in [5.74, 6) is -0.596. The summed E-state index contributed by atoms with van der Waals surface area (Å²) in [5.41, 5.74) is 0.0783. The van der Waals surface area contributed by atoms with Gasteiger partial charge < -0.3 is 15.0 Å². The molecular weight excluding hydrogens is 311 g/mol. The molecule has 2 saturated heterocycles. The van der Waals surface area contributed by atoms with E-state index in [1.165, 1.54) is 18.3 Å². The highest BCUT2D eigenvalue weighted by Crippen LogP contribution is 2.25. The van der Waals surface area contributed by atoms with Crippen molar-refractivity contribution >= 4 is 5.91 Å². The predicted molar refractivity (Wildman–Crippen MR) is 76.3 cm³/mol. The fourth-order valence-corrected chi connectivity index (χ4v) is 3.12. The molecular formula is C15H18F3N3O2. The van der Waals surface area contributed by atoms with Crippen LogP contribution in [0, 0.1) is 0 Å². The van der Waals surface area contributed by atoms with E-state index in [0.717, 1.165) is 19.3 Å². The van der Waals surface area contributed by atoms with Crippen molar-refractivity contribution in [1.82, 2.24) is 15.2 Å². The molecule has 0 aromatic carbocycles. The number of hydrogen-bond acceptors (Lipinski definition) is 4. The molecule has 2 fully saturated rings. The van der Waals surface area contributed by atoms with Crippen LogP contribution >= 0.6 is 0 Å². The predicted octanol–water partition coefficient (Wildman–Crippen LogP) is 1.99. The number of alkyl halides is 3. The number of nitrogens with zero attached hydrogens (tertiary/aromatic N) is 2. The number of pyridine rings is 1. The molecule has 2 unspecified atom stereocenters. The molecule has 2 atom stereocenters. The van der Waals surface area contributed by atoms with Crippen LogP contribution in [0.3, 0.4) is 0 Å². The van der Waals surface area contributed by atoms with Gasteiger partial charge in [-0.25, -0.2) is 4.98 Å². The van der Waals surface area contributed by atoms with E-state index in [-0.39, 0.29) is 23.4 Å².